The average molecular weight is 789 g/mol. The highest BCUT2D eigenvalue weighted by atomic mass is 32.2. The number of benzene rings is 5. The predicted octanol–water partition coefficient (Wildman–Crippen LogP) is 9.12. The molecule has 2 amide bonds. The minimum Gasteiger partial charge on any atom is -0.497 e. The molecule has 0 aliphatic rings. The second-order valence-electron chi connectivity index (χ2n) is 13.8. The van der Waals surface area contributed by atoms with Crippen LogP contribution in [0.3, 0.4) is 0 Å². The van der Waals surface area contributed by atoms with Crippen LogP contribution >= 0.6 is 11.8 Å². The Bertz CT molecular complexity index is 1970. The first kappa shape index (κ1) is 42.0. The molecule has 0 aromatic heterocycles. The molecule has 2 N–H and O–H groups in total. The van der Waals surface area contributed by atoms with E-state index in [0.717, 1.165) is 27.8 Å². The van der Waals surface area contributed by atoms with Crippen LogP contribution in [0.15, 0.2) is 133 Å². The first-order valence-electron chi connectivity index (χ1n) is 18.4. The van der Waals surface area contributed by atoms with Gasteiger partial charge in [0.1, 0.15) is 35.5 Å². The molecule has 0 aliphatic heterocycles. The van der Waals surface area contributed by atoms with Crippen LogP contribution in [0.5, 0.6) is 17.2 Å². The largest absolute Gasteiger partial charge is 0.513 e. The van der Waals surface area contributed by atoms with Crippen molar-refractivity contribution in [3.63, 3.8) is 0 Å². The van der Waals surface area contributed by atoms with Crippen molar-refractivity contribution in [2.24, 2.45) is 0 Å². The molecule has 11 heteroatoms. The van der Waals surface area contributed by atoms with Gasteiger partial charge in [-0.1, -0.05) is 115 Å². The standard InChI is InChI=1S/C46H48N2O8S/c1-45(2,3)56-43(50)48-41(32-57-46(35-15-9-6-10-16-35,36-17-11-7-12-18-36)37-19-13-8-14-20-37)42(49)47-27-28-54-44(51)55-38-25-23-33(24-26-38)21-22-34-29-39(52-4)31-40(30-34)53-5/h6-26,29-31,41H,27-28,32H2,1-5H3,(H,47,49)(H,48,50). The maximum Gasteiger partial charge on any atom is 0.513 e. The number of rotatable bonds is 16. The zero-order chi connectivity index (χ0) is 40.7. The van der Waals surface area contributed by atoms with E-state index in [0.29, 0.717) is 17.2 Å². The molecule has 1 atom stereocenters. The SMILES string of the molecule is COc1cc(C=Cc2ccc(OC(=O)OCCNC(=O)C(CSC(c3ccccc3)(c3ccccc3)c3ccccc3)NC(=O)OC(C)(C)C)cc2)cc(OC)c1. The van der Waals surface area contributed by atoms with Crippen molar-refractivity contribution in [1.82, 2.24) is 10.6 Å². The van der Waals surface area contributed by atoms with E-state index in [2.05, 4.69) is 47.0 Å². The van der Waals surface area contributed by atoms with Crippen molar-refractivity contribution in [2.45, 2.75) is 37.2 Å². The van der Waals surface area contributed by atoms with Crippen molar-refractivity contribution in [3.8, 4) is 17.2 Å². The number of hydrogen-bond acceptors (Lipinski definition) is 9. The Hall–Kier alpha value is -6.20. The summed E-state index contributed by atoms with van der Waals surface area (Å²) in [5.74, 6) is 1.36. The number of nitrogens with one attached hydrogen (secondary N) is 2. The van der Waals surface area contributed by atoms with Crippen LogP contribution in [0.2, 0.25) is 0 Å². The quantitative estimate of drug-likeness (QED) is 0.0332. The summed E-state index contributed by atoms with van der Waals surface area (Å²) in [6.45, 7) is 5.08. The molecule has 0 spiro atoms. The topological polar surface area (TPSA) is 121 Å². The molecule has 0 saturated carbocycles. The number of amides is 2. The van der Waals surface area contributed by atoms with Gasteiger partial charge in [-0.3, -0.25) is 4.79 Å². The van der Waals surface area contributed by atoms with Gasteiger partial charge in [0.05, 0.1) is 25.5 Å². The predicted molar refractivity (Wildman–Crippen MR) is 225 cm³/mol. The molecule has 5 rings (SSSR count). The molecule has 5 aromatic carbocycles. The van der Waals surface area contributed by atoms with Crippen LogP contribution in [0, 0.1) is 0 Å². The molecule has 0 fully saturated rings. The summed E-state index contributed by atoms with van der Waals surface area (Å²) in [5.41, 5.74) is 4.02. The molecule has 0 heterocycles. The number of thioether (sulfide) groups is 1. The second-order valence-corrected chi connectivity index (χ2v) is 15.1. The summed E-state index contributed by atoms with van der Waals surface area (Å²) in [6, 6.07) is 41.7. The third-order valence-corrected chi connectivity index (χ3v) is 10.2. The van der Waals surface area contributed by atoms with Gasteiger partial charge < -0.3 is 34.3 Å². The zero-order valence-electron chi connectivity index (χ0n) is 32.7. The van der Waals surface area contributed by atoms with Crippen LogP contribution in [-0.2, 0) is 19.0 Å². The van der Waals surface area contributed by atoms with E-state index in [-0.39, 0.29) is 18.9 Å². The second kappa shape index (κ2) is 20.1. The van der Waals surface area contributed by atoms with Gasteiger partial charge in [-0.15, -0.1) is 11.8 Å². The highest BCUT2D eigenvalue weighted by Crippen LogP contribution is 2.48. The van der Waals surface area contributed by atoms with Crippen molar-refractivity contribution in [1.29, 1.82) is 0 Å². The summed E-state index contributed by atoms with van der Waals surface area (Å²) in [6.07, 6.45) is 2.18. The minimum atomic E-state index is -1.01. The lowest BCUT2D eigenvalue weighted by Crippen LogP contribution is -2.50. The molecule has 10 nitrogen and oxygen atoms in total. The maximum atomic E-state index is 13.8. The van der Waals surface area contributed by atoms with Crippen LogP contribution < -0.4 is 24.8 Å². The summed E-state index contributed by atoms with van der Waals surface area (Å²) in [4.78, 5) is 39.3. The molecule has 0 aliphatic carbocycles. The van der Waals surface area contributed by atoms with Crippen LogP contribution in [0.4, 0.5) is 9.59 Å². The third kappa shape index (κ3) is 12.1. The molecule has 0 saturated heterocycles. The molecule has 296 valence electrons. The normalized spacial score (nSPS) is 11.9. The Kier molecular flexibility index (Phi) is 14.8. The Balaban J connectivity index is 1.22. The Labute approximate surface area is 338 Å². The first-order valence-corrected chi connectivity index (χ1v) is 19.4. The van der Waals surface area contributed by atoms with E-state index in [1.807, 2.05) is 78.9 Å². The molecular formula is C46H48N2O8S. The Morgan fingerprint density at radius 2 is 1.18 bits per heavy atom. The minimum absolute atomic E-state index is 0.0227. The van der Waals surface area contributed by atoms with E-state index in [1.165, 1.54) is 11.8 Å². The number of methoxy groups -OCH3 is 2. The van der Waals surface area contributed by atoms with Crippen molar-refractivity contribution >= 4 is 42.1 Å². The number of hydrogen-bond donors (Lipinski definition) is 2. The molecule has 57 heavy (non-hydrogen) atoms. The zero-order valence-corrected chi connectivity index (χ0v) is 33.5. The smallest absolute Gasteiger partial charge is 0.497 e. The van der Waals surface area contributed by atoms with Crippen LogP contribution in [0.1, 0.15) is 48.6 Å². The number of ether oxygens (including phenoxy) is 5. The lowest BCUT2D eigenvalue weighted by Gasteiger charge is -2.36. The molecule has 1 unspecified atom stereocenters. The highest BCUT2D eigenvalue weighted by molar-refractivity contribution is 8.00. The van der Waals surface area contributed by atoms with E-state index in [9.17, 15) is 14.4 Å². The maximum absolute atomic E-state index is 13.8. The van der Waals surface area contributed by atoms with Crippen LogP contribution in [-0.4, -0.2) is 62.9 Å². The number of carbonyl (C=O) groups is 3. The van der Waals surface area contributed by atoms with E-state index >= 15 is 0 Å². The number of alkyl carbamates (subject to hydrolysis) is 1. The van der Waals surface area contributed by atoms with Crippen molar-refractivity contribution < 1.29 is 38.1 Å². The third-order valence-electron chi connectivity index (χ3n) is 8.56. The Morgan fingerprint density at radius 3 is 1.67 bits per heavy atom. The van der Waals surface area contributed by atoms with Gasteiger partial charge in [-0.25, -0.2) is 9.59 Å². The lowest BCUT2D eigenvalue weighted by atomic mass is 9.84. The monoisotopic (exact) mass is 788 g/mol. The molecule has 5 aromatic rings. The van der Waals surface area contributed by atoms with Gasteiger partial charge in [0.15, 0.2) is 0 Å². The van der Waals surface area contributed by atoms with Gasteiger partial charge >= 0.3 is 12.2 Å². The van der Waals surface area contributed by atoms with Crippen LogP contribution in [0.25, 0.3) is 12.2 Å². The van der Waals surface area contributed by atoms with E-state index in [4.69, 9.17) is 23.7 Å². The van der Waals surface area contributed by atoms with Crippen molar-refractivity contribution in [2.75, 3.05) is 33.1 Å². The fourth-order valence-electron chi connectivity index (χ4n) is 5.93. The summed E-state index contributed by atoms with van der Waals surface area (Å²) in [7, 11) is 3.19. The molecule has 0 radical (unpaired) electrons. The highest BCUT2D eigenvalue weighted by Gasteiger charge is 2.39. The van der Waals surface area contributed by atoms with Gasteiger partial charge in [-0.2, -0.15) is 0 Å². The molecule has 0 bridgehead atoms. The van der Waals surface area contributed by atoms with Gasteiger partial charge in [-0.05, 0) is 72.9 Å². The van der Waals surface area contributed by atoms with Gasteiger partial charge in [0, 0.05) is 11.8 Å². The van der Waals surface area contributed by atoms with E-state index < -0.39 is 34.5 Å². The van der Waals surface area contributed by atoms with Gasteiger partial charge in [0.2, 0.25) is 5.91 Å². The number of carbonyl (C=O) groups excluding carboxylic acids is 3. The summed E-state index contributed by atoms with van der Waals surface area (Å²) < 4.78 is 26.1. The molecular weight excluding hydrogens is 741 g/mol. The first-order chi connectivity index (χ1) is 27.5. The summed E-state index contributed by atoms with van der Waals surface area (Å²) in [5, 5.41) is 5.57. The lowest BCUT2D eigenvalue weighted by molar-refractivity contribution is -0.122. The average Bonchev–Trinajstić information content (AvgIpc) is 3.22. The Morgan fingerprint density at radius 1 is 0.667 bits per heavy atom. The fourth-order valence-corrected chi connectivity index (χ4v) is 7.49. The van der Waals surface area contributed by atoms with Gasteiger partial charge in [0.25, 0.3) is 0 Å². The summed E-state index contributed by atoms with van der Waals surface area (Å²) >= 11 is 1.52. The fraction of sp³-hybridized carbons (Fsp3) is 0.239. The van der Waals surface area contributed by atoms with Crippen molar-refractivity contribution in [3.05, 3.63) is 161 Å². The van der Waals surface area contributed by atoms with E-state index in [1.54, 1.807) is 65.3 Å².